The molecule has 0 saturated heterocycles. The van der Waals surface area contributed by atoms with Crippen LogP contribution < -0.4 is 10.7 Å². The van der Waals surface area contributed by atoms with Crippen molar-refractivity contribution in [2.45, 2.75) is 20.0 Å². The third-order valence-electron chi connectivity index (χ3n) is 4.34. The number of benzene rings is 3. The second-order valence-electron chi connectivity index (χ2n) is 6.69. The van der Waals surface area contributed by atoms with E-state index >= 15 is 0 Å². The third kappa shape index (κ3) is 6.46. The van der Waals surface area contributed by atoms with Crippen molar-refractivity contribution in [3.63, 3.8) is 0 Å². The number of hydrogen-bond donors (Lipinski definition) is 2. The summed E-state index contributed by atoms with van der Waals surface area (Å²) in [5, 5.41) is 4.49. The second-order valence-corrected chi connectivity index (χ2v) is 6.69. The minimum Gasteiger partial charge on any atom is -0.450 e. The number of rotatable bonds is 8. The van der Waals surface area contributed by atoms with E-state index in [4.69, 9.17) is 4.74 Å². The molecule has 0 aliphatic rings. The first-order valence-electron chi connectivity index (χ1n) is 9.81. The highest BCUT2D eigenvalue weighted by Crippen LogP contribution is 2.13. The highest BCUT2D eigenvalue weighted by molar-refractivity contribution is 5.96. The average molecular weight is 403 g/mol. The molecule has 3 aromatic rings. The number of anilines is 1. The molecule has 0 bridgehead atoms. The Labute approximate surface area is 176 Å². The fourth-order valence-corrected chi connectivity index (χ4v) is 2.97. The van der Waals surface area contributed by atoms with Gasteiger partial charge in [0.2, 0.25) is 0 Å². The lowest BCUT2D eigenvalue weighted by Gasteiger charge is -2.23. The summed E-state index contributed by atoms with van der Waals surface area (Å²) in [6.45, 7) is 3.13. The maximum absolute atomic E-state index is 12.9. The molecule has 3 rings (SSSR count). The molecule has 0 unspecified atom stereocenters. The van der Waals surface area contributed by atoms with Gasteiger partial charge in [0.25, 0.3) is 5.91 Å². The highest BCUT2D eigenvalue weighted by Gasteiger charge is 2.14. The summed E-state index contributed by atoms with van der Waals surface area (Å²) in [6.07, 6.45) is -0.551. The van der Waals surface area contributed by atoms with Gasteiger partial charge in [0.15, 0.2) is 0 Å². The molecule has 154 valence electrons. The van der Waals surface area contributed by atoms with Crippen molar-refractivity contribution in [3.05, 3.63) is 102 Å². The molecule has 3 aromatic carbocycles. The number of nitrogens with one attached hydrogen (secondary N) is 2. The molecule has 0 atom stereocenters. The zero-order valence-electron chi connectivity index (χ0n) is 16.9. The average Bonchev–Trinajstić information content (AvgIpc) is 2.75. The number of hydrazine groups is 1. The molecule has 0 heterocycles. The molecule has 2 N–H and O–H groups in total. The molecule has 6 heteroatoms. The minimum absolute atomic E-state index is 0.255. The first-order chi connectivity index (χ1) is 14.6. The predicted octanol–water partition coefficient (Wildman–Crippen LogP) is 4.60. The molecule has 0 aliphatic carbocycles. The normalized spacial score (nSPS) is 10.5. The van der Waals surface area contributed by atoms with E-state index < -0.39 is 6.09 Å². The molecule has 0 fully saturated rings. The molecule has 0 aromatic heterocycles. The number of carbonyl (C=O) groups excluding carboxylic acids is 2. The van der Waals surface area contributed by atoms with Crippen LogP contribution >= 0.6 is 0 Å². The first-order valence-corrected chi connectivity index (χ1v) is 9.81. The van der Waals surface area contributed by atoms with E-state index in [2.05, 4.69) is 10.7 Å². The predicted molar refractivity (Wildman–Crippen MR) is 117 cm³/mol. The van der Waals surface area contributed by atoms with Crippen LogP contribution in [0.4, 0.5) is 10.5 Å². The summed E-state index contributed by atoms with van der Waals surface area (Å²) >= 11 is 0. The Hall–Kier alpha value is -3.64. The van der Waals surface area contributed by atoms with Gasteiger partial charge in [-0.25, -0.2) is 9.80 Å². The molecular weight excluding hydrogens is 378 g/mol. The zero-order chi connectivity index (χ0) is 21.2. The van der Waals surface area contributed by atoms with E-state index in [1.807, 2.05) is 65.7 Å². The number of hydrogen-bond acceptors (Lipinski definition) is 4. The van der Waals surface area contributed by atoms with Gasteiger partial charge in [-0.1, -0.05) is 66.7 Å². The van der Waals surface area contributed by atoms with Crippen LogP contribution in [-0.4, -0.2) is 23.6 Å². The van der Waals surface area contributed by atoms with E-state index in [-0.39, 0.29) is 12.5 Å². The Morgan fingerprint density at radius 1 is 0.833 bits per heavy atom. The molecule has 30 heavy (non-hydrogen) atoms. The Bertz CT molecular complexity index is 920. The molecule has 0 saturated carbocycles. The molecular formula is C24H25N3O3. The van der Waals surface area contributed by atoms with E-state index in [1.165, 1.54) is 0 Å². The second kappa shape index (κ2) is 10.8. The number of amides is 2. The summed E-state index contributed by atoms with van der Waals surface area (Å²) in [5.74, 6) is -0.255. The molecule has 6 nitrogen and oxygen atoms in total. The Kier molecular flexibility index (Phi) is 7.58. The van der Waals surface area contributed by atoms with Crippen LogP contribution in [0.25, 0.3) is 0 Å². The largest absolute Gasteiger partial charge is 0.450 e. The van der Waals surface area contributed by atoms with Crippen molar-refractivity contribution in [2.24, 2.45) is 0 Å². The molecule has 2 amide bonds. The van der Waals surface area contributed by atoms with Crippen molar-refractivity contribution in [2.75, 3.05) is 11.9 Å². The Morgan fingerprint density at radius 3 is 2.00 bits per heavy atom. The third-order valence-corrected chi connectivity index (χ3v) is 4.34. The van der Waals surface area contributed by atoms with Gasteiger partial charge in [-0.3, -0.25) is 15.5 Å². The van der Waals surface area contributed by atoms with Gasteiger partial charge in [0.05, 0.1) is 6.61 Å². The number of nitrogens with zero attached hydrogens (tertiary/aromatic N) is 1. The van der Waals surface area contributed by atoms with Gasteiger partial charge in [-0.15, -0.1) is 0 Å². The van der Waals surface area contributed by atoms with E-state index in [0.29, 0.717) is 24.3 Å². The molecule has 0 aliphatic heterocycles. The maximum Gasteiger partial charge on any atom is 0.411 e. The van der Waals surface area contributed by atoms with Gasteiger partial charge in [0, 0.05) is 24.3 Å². The van der Waals surface area contributed by atoms with Gasteiger partial charge in [-0.2, -0.15) is 0 Å². The lowest BCUT2D eigenvalue weighted by molar-refractivity contribution is 0.0759. The fourth-order valence-electron chi connectivity index (χ4n) is 2.97. The highest BCUT2D eigenvalue weighted by atomic mass is 16.5. The van der Waals surface area contributed by atoms with Crippen LogP contribution in [0.1, 0.15) is 28.4 Å². The zero-order valence-corrected chi connectivity index (χ0v) is 16.9. The van der Waals surface area contributed by atoms with Gasteiger partial charge in [-0.05, 0) is 36.2 Å². The summed E-state index contributed by atoms with van der Waals surface area (Å²) in [6, 6.07) is 26.7. The van der Waals surface area contributed by atoms with Crippen molar-refractivity contribution in [1.82, 2.24) is 10.4 Å². The summed E-state index contributed by atoms with van der Waals surface area (Å²) in [7, 11) is 0. The van der Waals surface area contributed by atoms with Crippen molar-refractivity contribution < 1.29 is 14.3 Å². The topological polar surface area (TPSA) is 70.7 Å². The van der Waals surface area contributed by atoms with E-state index in [1.54, 1.807) is 31.2 Å². The Balaban J connectivity index is 1.73. The van der Waals surface area contributed by atoms with Crippen LogP contribution in [0.3, 0.4) is 0 Å². The first kappa shape index (κ1) is 21.1. The van der Waals surface area contributed by atoms with E-state index in [0.717, 1.165) is 11.1 Å². The van der Waals surface area contributed by atoms with Crippen LogP contribution in [0, 0.1) is 0 Å². The maximum atomic E-state index is 12.9. The molecule has 0 radical (unpaired) electrons. The van der Waals surface area contributed by atoms with Crippen molar-refractivity contribution in [1.29, 1.82) is 0 Å². The standard InChI is InChI=1S/C24H25N3O3/c1-2-30-24(29)25-22-15-9-14-21(16-22)23(28)26-27(17-19-10-5-3-6-11-19)18-20-12-7-4-8-13-20/h3-16H,2,17-18H2,1H3,(H,25,29)(H,26,28). The summed E-state index contributed by atoms with van der Waals surface area (Å²) in [4.78, 5) is 24.5. The Morgan fingerprint density at radius 2 is 1.43 bits per heavy atom. The van der Waals surface area contributed by atoms with E-state index in [9.17, 15) is 9.59 Å². The van der Waals surface area contributed by atoms with Gasteiger partial charge in [0.1, 0.15) is 0 Å². The van der Waals surface area contributed by atoms with Crippen LogP contribution in [-0.2, 0) is 17.8 Å². The fraction of sp³-hybridized carbons (Fsp3) is 0.167. The van der Waals surface area contributed by atoms with Crippen molar-refractivity contribution >= 4 is 17.7 Å². The lowest BCUT2D eigenvalue weighted by atomic mass is 10.2. The van der Waals surface area contributed by atoms with Crippen LogP contribution in [0.5, 0.6) is 0 Å². The monoisotopic (exact) mass is 403 g/mol. The number of ether oxygens (including phenoxy) is 1. The minimum atomic E-state index is -0.551. The van der Waals surface area contributed by atoms with Gasteiger partial charge < -0.3 is 4.74 Å². The van der Waals surface area contributed by atoms with Crippen LogP contribution in [0.2, 0.25) is 0 Å². The quantitative estimate of drug-likeness (QED) is 0.539. The number of carbonyl (C=O) groups is 2. The smallest absolute Gasteiger partial charge is 0.411 e. The molecule has 0 spiro atoms. The summed E-state index contributed by atoms with van der Waals surface area (Å²) in [5.41, 5.74) is 6.10. The van der Waals surface area contributed by atoms with Gasteiger partial charge >= 0.3 is 6.09 Å². The summed E-state index contributed by atoms with van der Waals surface area (Å²) < 4.78 is 4.88. The lowest BCUT2D eigenvalue weighted by Crippen LogP contribution is -2.41. The van der Waals surface area contributed by atoms with Crippen LogP contribution in [0.15, 0.2) is 84.9 Å². The van der Waals surface area contributed by atoms with Crippen molar-refractivity contribution in [3.8, 4) is 0 Å². The SMILES string of the molecule is CCOC(=O)Nc1cccc(C(=O)NN(Cc2ccccc2)Cc2ccccc2)c1.